The predicted octanol–water partition coefficient (Wildman–Crippen LogP) is 6.17. The first-order chi connectivity index (χ1) is 16.5. The number of rotatable bonds is 5. The van der Waals surface area contributed by atoms with Gasteiger partial charge in [-0.15, -0.1) is 0 Å². The van der Waals surface area contributed by atoms with Crippen LogP contribution < -0.4 is 19.6 Å². The lowest BCUT2D eigenvalue weighted by Crippen LogP contribution is -2.15. The Morgan fingerprint density at radius 3 is 2.53 bits per heavy atom. The highest BCUT2D eigenvalue weighted by Gasteiger charge is 2.18. The van der Waals surface area contributed by atoms with E-state index < -0.39 is 5.97 Å². The number of hydrogen-bond acceptors (Lipinski definition) is 6. The van der Waals surface area contributed by atoms with Gasteiger partial charge in [0.05, 0.1) is 16.5 Å². The Morgan fingerprint density at radius 1 is 1.00 bits per heavy atom. The van der Waals surface area contributed by atoms with E-state index >= 15 is 0 Å². The van der Waals surface area contributed by atoms with E-state index in [1.165, 1.54) is 6.26 Å². The van der Waals surface area contributed by atoms with E-state index in [1.807, 2.05) is 13.0 Å². The van der Waals surface area contributed by atoms with Crippen LogP contribution in [0.5, 0.6) is 17.2 Å². The third-order valence-corrected chi connectivity index (χ3v) is 6.14. The van der Waals surface area contributed by atoms with Gasteiger partial charge in [-0.05, 0) is 60.0 Å². The summed E-state index contributed by atoms with van der Waals surface area (Å²) in [6.45, 7) is 2.99. The van der Waals surface area contributed by atoms with E-state index in [2.05, 4.69) is 15.9 Å². The van der Waals surface area contributed by atoms with Gasteiger partial charge in [-0.2, -0.15) is 0 Å². The van der Waals surface area contributed by atoms with Crippen molar-refractivity contribution in [3.8, 4) is 28.4 Å². The molecule has 0 unspecified atom stereocenters. The number of fused-ring (bicyclic) bond motifs is 2. The first-order valence-electron chi connectivity index (χ1n) is 11.0. The minimum atomic E-state index is -0.473. The first kappa shape index (κ1) is 22.2. The van der Waals surface area contributed by atoms with E-state index in [-0.39, 0.29) is 5.43 Å². The standard InChI is InChI=1S/C27H21BrO6/c1-2-3-18-12-20-24(14-23(18)34-27(30)16-4-7-19(28)8-5-16)33-15-21(26(20)29)17-6-9-22-25(13-17)32-11-10-31-22/h4-9,12-15H,2-3,10-11H2,1H3. The van der Waals surface area contributed by atoms with Gasteiger partial charge in [0.15, 0.2) is 11.5 Å². The van der Waals surface area contributed by atoms with Crippen LogP contribution in [0.25, 0.3) is 22.1 Å². The van der Waals surface area contributed by atoms with E-state index in [0.717, 1.165) is 16.5 Å². The number of ether oxygens (including phenoxy) is 3. The second-order valence-electron chi connectivity index (χ2n) is 7.94. The van der Waals surface area contributed by atoms with Crippen LogP contribution in [0.15, 0.2) is 74.5 Å². The molecular weight excluding hydrogens is 500 g/mol. The molecule has 0 amide bonds. The third kappa shape index (κ3) is 4.31. The molecule has 0 saturated carbocycles. The molecule has 3 aromatic carbocycles. The van der Waals surface area contributed by atoms with Crippen LogP contribution in [0, 0.1) is 0 Å². The number of carbonyl (C=O) groups excluding carboxylic acids is 1. The number of hydrogen-bond donors (Lipinski definition) is 0. The van der Waals surface area contributed by atoms with Crippen LogP contribution in [0.4, 0.5) is 0 Å². The molecule has 1 aliphatic rings. The molecule has 172 valence electrons. The number of benzene rings is 3. The molecule has 0 atom stereocenters. The van der Waals surface area contributed by atoms with Gasteiger partial charge in [-0.3, -0.25) is 4.79 Å². The topological polar surface area (TPSA) is 75.0 Å². The van der Waals surface area contributed by atoms with Gasteiger partial charge < -0.3 is 18.6 Å². The molecule has 0 saturated heterocycles. The fraction of sp³-hybridized carbons (Fsp3) is 0.185. The number of halogens is 1. The monoisotopic (exact) mass is 520 g/mol. The summed E-state index contributed by atoms with van der Waals surface area (Å²) in [4.78, 5) is 26.1. The SMILES string of the molecule is CCCc1cc2c(=O)c(-c3ccc4c(c3)OCCO4)coc2cc1OC(=O)c1ccc(Br)cc1. The quantitative estimate of drug-likeness (QED) is 0.231. The van der Waals surface area contributed by atoms with Crippen molar-refractivity contribution >= 4 is 32.9 Å². The average Bonchev–Trinajstić information content (AvgIpc) is 2.85. The largest absolute Gasteiger partial charge is 0.486 e. The van der Waals surface area contributed by atoms with Gasteiger partial charge in [0.2, 0.25) is 5.43 Å². The van der Waals surface area contributed by atoms with Crippen molar-refractivity contribution in [1.29, 1.82) is 0 Å². The number of carbonyl (C=O) groups is 1. The minimum absolute atomic E-state index is 0.166. The van der Waals surface area contributed by atoms with E-state index in [4.69, 9.17) is 18.6 Å². The fourth-order valence-corrected chi connectivity index (χ4v) is 4.18. The average molecular weight is 521 g/mol. The van der Waals surface area contributed by atoms with Gasteiger partial charge in [0.25, 0.3) is 0 Å². The van der Waals surface area contributed by atoms with Crippen molar-refractivity contribution < 1.29 is 23.4 Å². The summed E-state index contributed by atoms with van der Waals surface area (Å²) in [5.74, 6) is 1.17. The molecule has 0 fully saturated rings. The lowest BCUT2D eigenvalue weighted by Gasteiger charge is -2.18. The van der Waals surface area contributed by atoms with Crippen LogP contribution in [0.2, 0.25) is 0 Å². The Kier molecular flexibility index (Phi) is 6.11. The number of aryl methyl sites for hydroxylation is 1. The van der Waals surface area contributed by atoms with Gasteiger partial charge in [-0.25, -0.2) is 4.79 Å². The molecule has 0 spiro atoms. The molecule has 1 aromatic heterocycles. The highest BCUT2D eigenvalue weighted by Crippen LogP contribution is 2.35. The molecule has 4 aromatic rings. The van der Waals surface area contributed by atoms with Gasteiger partial charge in [-0.1, -0.05) is 35.3 Å². The lowest BCUT2D eigenvalue weighted by atomic mass is 10.0. The maximum absolute atomic E-state index is 13.4. The van der Waals surface area contributed by atoms with Crippen LogP contribution in [0.3, 0.4) is 0 Å². The Hall–Kier alpha value is -3.58. The zero-order valence-corrected chi connectivity index (χ0v) is 20.0. The zero-order valence-electron chi connectivity index (χ0n) is 18.4. The van der Waals surface area contributed by atoms with Crippen molar-refractivity contribution in [2.24, 2.45) is 0 Å². The Morgan fingerprint density at radius 2 is 1.76 bits per heavy atom. The molecule has 1 aliphatic heterocycles. The van der Waals surface area contributed by atoms with Gasteiger partial charge in [0.1, 0.15) is 30.8 Å². The van der Waals surface area contributed by atoms with E-state index in [1.54, 1.807) is 48.5 Å². The van der Waals surface area contributed by atoms with Crippen molar-refractivity contribution in [2.75, 3.05) is 13.2 Å². The molecule has 0 N–H and O–H groups in total. The molecule has 0 aliphatic carbocycles. The first-order valence-corrected chi connectivity index (χ1v) is 11.8. The zero-order chi connectivity index (χ0) is 23.7. The highest BCUT2D eigenvalue weighted by atomic mass is 79.9. The van der Waals surface area contributed by atoms with E-state index in [0.29, 0.717) is 64.5 Å². The van der Waals surface area contributed by atoms with Crippen LogP contribution >= 0.6 is 15.9 Å². The summed E-state index contributed by atoms with van der Waals surface area (Å²) in [7, 11) is 0. The maximum atomic E-state index is 13.4. The molecule has 2 heterocycles. The fourth-order valence-electron chi connectivity index (χ4n) is 3.92. The molecule has 0 bridgehead atoms. The van der Waals surface area contributed by atoms with Crippen LogP contribution in [-0.2, 0) is 6.42 Å². The minimum Gasteiger partial charge on any atom is -0.486 e. The molecule has 34 heavy (non-hydrogen) atoms. The smallest absolute Gasteiger partial charge is 0.343 e. The second-order valence-corrected chi connectivity index (χ2v) is 8.86. The van der Waals surface area contributed by atoms with E-state index in [9.17, 15) is 9.59 Å². The number of esters is 1. The predicted molar refractivity (Wildman–Crippen MR) is 132 cm³/mol. The Labute approximate surface area is 204 Å². The lowest BCUT2D eigenvalue weighted by molar-refractivity contribution is 0.0733. The van der Waals surface area contributed by atoms with Gasteiger partial charge in [0, 0.05) is 10.5 Å². The van der Waals surface area contributed by atoms with Gasteiger partial charge >= 0.3 is 5.97 Å². The van der Waals surface area contributed by atoms with Crippen LogP contribution in [0.1, 0.15) is 29.3 Å². The summed E-state index contributed by atoms with van der Waals surface area (Å²) in [5.41, 5.74) is 2.49. The summed E-state index contributed by atoms with van der Waals surface area (Å²) in [5, 5.41) is 0.430. The van der Waals surface area contributed by atoms with Crippen molar-refractivity contribution in [3.63, 3.8) is 0 Å². The second kappa shape index (κ2) is 9.35. The normalized spacial score (nSPS) is 12.5. The summed E-state index contributed by atoms with van der Waals surface area (Å²) >= 11 is 3.36. The Bertz CT molecular complexity index is 1440. The molecular formula is C27H21BrO6. The molecule has 0 radical (unpaired) electrons. The highest BCUT2D eigenvalue weighted by molar-refractivity contribution is 9.10. The van der Waals surface area contributed by atoms with Crippen molar-refractivity contribution in [2.45, 2.75) is 19.8 Å². The molecule has 7 heteroatoms. The maximum Gasteiger partial charge on any atom is 0.343 e. The van der Waals surface area contributed by atoms with Crippen molar-refractivity contribution in [3.05, 3.63) is 86.7 Å². The van der Waals surface area contributed by atoms with Crippen molar-refractivity contribution in [1.82, 2.24) is 0 Å². The third-order valence-electron chi connectivity index (χ3n) is 5.61. The van der Waals surface area contributed by atoms with Crippen LogP contribution in [-0.4, -0.2) is 19.2 Å². The summed E-state index contributed by atoms with van der Waals surface area (Å²) in [6, 6.07) is 15.7. The Balaban J connectivity index is 1.54. The molecule has 5 rings (SSSR count). The molecule has 6 nitrogen and oxygen atoms in total. The summed E-state index contributed by atoms with van der Waals surface area (Å²) < 4.78 is 23.6. The summed E-state index contributed by atoms with van der Waals surface area (Å²) in [6.07, 6.45) is 2.89.